The lowest BCUT2D eigenvalue weighted by Crippen LogP contribution is -2.47. The summed E-state index contributed by atoms with van der Waals surface area (Å²) in [6, 6.07) is 15.3. The maximum absolute atomic E-state index is 12.8. The van der Waals surface area contributed by atoms with Crippen LogP contribution in [0.4, 0.5) is 4.79 Å². The summed E-state index contributed by atoms with van der Waals surface area (Å²) in [5.41, 5.74) is 2.76. The second-order valence-corrected chi connectivity index (χ2v) is 8.00. The number of carbonyl (C=O) groups is 1. The van der Waals surface area contributed by atoms with Gasteiger partial charge in [0, 0.05) is 5.75 Å². The van der Waals surface area contributed by atoms with Crippen molar-refractivity contribution in [1.82, 2.24) is 14.9 Å². The van der Waals surface area contributed by atoms with Gasteiger partial charge >= 0.3 is 6.09 Å². The maximum atomic E-state index is 12.8. The summed E-state index contributed by atoms with van der Waals surface area (Å²) in [4.78, 5) is 12.8. The summed E-state index contributed by atoms with van der Waals surface area (Å²) in [7, 11) is 0. The van der Waals surface area contributed by atoms with E-state index in [0.717, 1.165) is 24.3 Å². The lowest BCUT2D eigenvalue weighted by Gasteiger charge is -2.28. The standard InChI is InChI=1S/C21H20N4O3S/c26-21(28-17-7-2-1-3-8-17)24-11-12-29-20-23-22-19(25(20)24)14-27-18-10-9-15-5-4-6-16(15)13-18/h1-3,7-10,13H,4-6,11-12,14H2. The highest BCUT2D eigenvalue weighted by Gasteiger charge is 2.29. The second-order valence-electron chi connectivity index (χ2n) is 6.94. The maximum Gasteiger partial charge on any atom is 0.434 e. The topological polar surface area (TPSA) is 69.5 Å². The number of carbonyl (C=O) groups excluding carboxylic acids is 1. The van der Waals surface area contributed by atoms with E-state index >= 15 is 0 Å². The molecule has 0 saturated heterocycles. The Morgan fingerprint density at radius 1 is 1.03 bits per heavy atom. The van der Waals surface area contributed by atoms with Crippen LogP contribution in [0.2, 0.25) is 0 Å². The molecule has 0 atom stereocenters. The SMILES string of the molecule is O=C(Oc1ccccc1)N1CCSc2nnc(COc3ccc4c(c3)CCC4)n21. The number of aryl methyl sites for hydroxylation is 2. The van der Waals surface area contributed by atoms with Crippen LogP contribution in [0.3, 0.4) is 0 Å². The van der Waals surface area contributed by atoms with Crippen LogP contribution >= 0.6 is 11.8 Å². The monoisotopic (exact) mass is 408 g/mol. The zero-order valence-electron chi connectivity index (χ0n) is 15.8. The van der Waals surface area contributed by atoms with Crippen molar-refractivity contribution < 1.29 is 14.3 Å². The average molecular weight is 408 g/mol. The molecule has 148 valence electrons. The summed E-state index contributed by atoms with van der Waals surface area (Å²) >= 11 is 1.56. The van der Waals surface area contributed by atoms with Crippen LogP contribution in [0.25, 0.3) is 0 Å². The number of amides is 1. The van der Waals surface area contributed by atoms with E-state index in [1.807, 2.05) is 24.3 Å². The van der Waals surface area contributed by atoms with Gasteiger partial charge in [0.25, 0.3) is 0 Å². The highest BCUT2D eigenvalue weighted by atomic mass is 32.2. The van der Waals surface area contributed by atoms with Crippen molar-refractivity contribution in [3.8, 4) is 11.5 Å². The molecule has 2 aromatic carbocycles. The minimum Gasteiger partial charge on any atom is -0.486 e. The number of thioether (sulfide) groups is 1. The van der Waals surface area contributed by atoms with Crippen molar-refractivity contribution in [2.75, 3.05) is 17.3 Å². The minimum absolute atomic E-state index is 0.224. The first kappa shape index (κ1) is 18.1. The molecule has 2 heterocycles. The van der Waals surface area contributed by atoms with Gasteiger partial charge in [0.2, 0.25) is 5.16 Å². The Balaban J connectivity index is 1.33. The number of nitrogens with zero attached hydrogens (tertiary/aromatic N) is 4. The molecular formula is C21H20N4O3S. The molecule has 1 aromatic heterocycles. The average Bonchev–Trinajstić information content (AvgIpc) is 3.39. The third-order valence-electron chi connectivity index (χ3n) is 5.05. The van der Waals surface area contributed by atoms with E-state index < -0.39 is 6.09 Å². The normalized spacial score (nSPS) is 15.0. The van der Waals surface area contributed by atoms with E-state index in [4.69, 9.17) is 9.47 Å². The van der Waals surface area contributed by atoms with Gasteiger partial charge in [0.05, 0.1) is 6.54 Å². The summed E-state index contributed by atoms with van der Waals surface area (Å²) in [6.07, 6.45) is 2.98. The van der Waals surface area contributed by atoms with E-state index in [1.165, 1.54) is 22.6 Å². The van der Waals surface area contributed by atoms with Crippen LogP contribution < -0.4 is 14.5 Å². The van der Waals surface area contributed by atoms with Gasteiger partial charge in [0.15, 0.2) is 5.82 Å². The fourth-order valence-electron chi connectivity index (χ4n) is 3.64. The van der Waals surface area contributed by atoms with Crippen LogP contribution in [0, 0.1) is 0 Å². The quantitative estimate of drug-likeness (QED) is 0.657. The molecule has 0 radical (unpaired) electrons. The zero-order chi connectivity index (χ0) is 19.6. The fraction of sp³-hybridized carbons (Fsp3) is 0.286. The summed E-state index contributed by atoms with van der Waals surface area (Å²) < 4.78 is 13.2. The van der Waals surface area contributed by atoms with E-state index in [0.29, 0.717) is 23.3 Å². The third kappa shape index (κ3) is 3.67. The first-order valence-electron chi connectivity index (χ1n) is 9.64. The summed E-state index contributed by atoms with van der Waals surface area (Å²) in [5, 5.41) is 10.6. The fourth-order valence-corrected chi connectivity index (χ4v) is 4.51. The van der Waals surface area contributed by atoms with E-state index in [1.54, 1.807) is 28.6 Å². The molecule has 5 rings (SSSR count). The number of fused-ring (bicyclic) bond motifs is 2. The van der Waals surface area contributed by atoms with E-state index in [-0.39, 0.29) is 6.61 Å². The second kappa shape index (κ2) is 7.79. The summed E-state index contributed by atoms with van der Waals surface area (Å²) in [5.74, 6) is 2.61. The molecule has 3 aromatic rings. The molecule has 29 heavy (non-hydrogen) atoms. The molecule has 0 bridgehead atoms. The van der Waals surface area contributed by atoms with Crippen LogP contribution in [0.1, 0.15) is 23.4 Å². The Bertz CT molecular complexity index is 1040. The number of hydrogen-bond acceptors (Lipinski definition) is 6. The Hall–Kier alpha value is -3.00. The van der Waals surface area contributed by atoms with Crippen molar-refractivity contribution >= 4 is 17.9 Å². The van der Waals surface area contributed by atoms with Gasteiger partial charge < -0.3 is 9.47 Å². The molecule has 7 nitrogen and oxygen atoms in total. The van der Waals surface area contributed by atoms with Gasteiger partial charge in [-0.1, -0.05) is 36.0 Å². The van der Waals surface area contributed by atoms with Gasteiger partial charge in [-0.2, -0.15) is 0 Å². The number of benzene rings is 2. The summed E-state index contributed by atoms with van der Waals surface area (Å²) in [6.45, 7) is 0.731. The van der Waals surface area contributed by atoms with Crippen molar-refractivity contribution in [2.45, 2.75) is 31.0 Å². The Morgan fingerprint density at radius 3 is 2.79 bits per heavy atom. The molecule has 0 saturated carbocycles. The highest BCUT2D eigenvalue weighted by Crippen LogP contribution is 2.27. The smallest absolute Gasteiger partial charge is 0.434 e. The highest BCUT2D eigenvalue weighted by molar-refractivity contribution is 7.99. The van der Waals surface area contributed by atoms with E-state index in [2.05, 4.69) is 22.3 Å². The number of aromatic nitrogens is 3. The van der Waals surface area contributed by atoms with Crippen molar-refractivity contribution in [3.63, 3.8) is 0 Å². The Kier molecular flexibility index (Phi) is 4.85. The molecule has 0 N–H and O–H groups in total. The van der Waals surface area contributed by atoms with Crippen LogP contribution in [-0.2, 0) is 19.4 Å². The predicted octanol–water partition coefficient (Wildman–Crippen LogP) is 3.59. The molecule has 1 aliphatic carbocycles. The van der Waals surface area contributed by atoms with Gasteiger partial charge in [-0.05, 0) is 54.7 Å². The van der Waals surface area contributed by atoms with Gasteiger partial charge in [0.1, 0.15) is 18.1 Å². The van der Waals surface area contributed by atoms with Crippen LogP contribution in [-0.4, -0.2) is 33.3 Å². The third-order valence-corrected chi connectivity index (χ3v) is 5.95. The van der Waals surface area contributed by atoms with Crippen LogP contribution in [0.15, 0.2) is 53.7 Å². The minimum atomic E-state index is -0.462. The Labute approximate surface area is 172 Å². The molecular weight excluding hydrogens is 388 g/mol. The van der Waals surface area contributed by atoms with Crippen molar-refractivity contribution in [1.29, 1.82) is 0 Å². The van der Waals surface area contributed by atoms with Crippen LogP contribution in [0.5, 0.6) is 11.5 Å². The Morgan fingerprint density at radius 2 is 1.90 bits per heavy atom. The largest absolute Gasteiger partial charge is 0.486 e. The van der Waals surface area contributed by atoms with Crippen molar-refractivity contribution in [3.05, 3.63) is 65.5 Å². The first-order chi connectivity index (χ1) is 14.3. The number of para-hydroxylation sites is 1. The first-order valence-corrected chi connectivity index (χ1v) is 10.6. The molecule has 1 amide bonds. The van der Waals surface area contributed by atoms with Crippen molar-refractivity contribution in [2.24, 2.45) is 0 Å². The number of ether oxygens (including phenoxy) is 2. The number of hydrogen-bond donors (Lipinski definition) is 0. The molecule has 2 aliphatic rings. The lowest BCUT2D eigenvalue weighted by molar-refractivity contribution is 0.198. The zero-order valence-corrected chi connectivity index (χ0v) is 16.6. The van der Waals surface area contributed by atoms with E-state index in [9.17, 15) is 4.79 Å². The van der Waals surface area contributed by atoms with Gasteiger partial charge in [-0.15, -0.1) is 10.2 Å². The van der Waals surface area contributed by atoms with Gasteiger partial charge in [-0.3, -0.25) is 0 Å². The van der Waals surface area contributed by atoms with Gasteiger partial charge in [-0.25, -0.2) is 14.5 Å². The molecule has 0 unspecified atom stereocenters. The number of rotatable bonds is 4. The molecule has 8 heteroatoms. The molecule has 0 fully saturated rings. The molecule has 1 aliphatic heterocycles. The molecule has 0 spiro atoms. The predicted molar refractivity (Wildman–Crippen MR) is 109 cm³/mol. The lowest BCUT2D eigenvalue weighted by atomic mass is 10.1.